The largest absolute Gasteiger partial charge is 0.376 e. The maximum Gasteiger partial charge on any atom is 0.0712 e. The molecule has 2 rings (SSSR count). The molecule has 4 heteroatoms. The van der Waals surface area contributed by atoms with E-state index in [1.54, 1.807) is 0 Å². The van der Waals surface area contributed by atoms with E-state index in [2.05, 4.69) is 34.3 Å². The van der Waals surface area contributed by atoms with Crippen LogP contribution in [-0.4, -0.2) is 48.8 Å². The third kappa shape index (κ3) is 4.90. The smallest absolute Gasteiger partial charge is 0.0712 e. The molecule has 1 N–H and O–H groups in total. The minimum Gasteiger partial charge on any atom is -0.376 e. The van der Waals surface area contributed by atoms with Crippen LogP contribution in [0.2, 0.25) is 0 Å². The van der Waals surface area contributed by atoms with Crippen molar-refractivity contribution in [1.82, 2.24) is 15.2 Å². The van der Waals surface area contributed by atoms with Gasteiger partial charge in [0.05, 0.1) is 18.4 Å². The summed E-state index contributed by atoms with van der Waals surface area (Å²) >= 11 is 0. The number of aryl methyl sites for hydroxylation is 1. The highest BCUT2D eigenvalue weighted by Gasteiger charge is 2.14. The summed E-state index contributed by atoms with van der Waals surface area (Å²) in [5.41, 5.74) is 2.25. The molecule has 2 heterocycles. The van der Waals surface area contributed by atoms with E-state index in [-0.39, 0.29) is 0 Å². The maximum atomic E-state index is 5.74. The first-order chi connectivity index (χ1) is 9.28. The van der Waals surface area contributed by atoms with E-state index in [0.717, 1.165) is 57.1 Å². The highest BCUT2D eigenvalue weighted by molar-refractivity contribution is 5.09. The van der Waals surface area contributed by atoms with Gasteiger partial charge in [0.25, 0.3) is 0 Å². The molecule has 1 aliphatic rings. The van der Waals surface area contributed by atoms with E-state index in [9.17, 15) is 0 Å². The van der Waals surface area contributed by atoms with Gasteiger partial charge in [-0.2, -0.15) is 0 Å². The van der Waals surface area contributed by atoms with Crippen LogP contribution < -0.4 is 5.32 Å². The van der Waals surface area contributed by atoms with Crippen LogP contribution in [0.1, 0.15) is 24.7 Å². The number of ether oxygens (including phenoxy) is 1. The van der Waals surface area contributed by atoms with Gasteiger partial charge in [-0.3, -0.25) is 9.88 Å². The summed E-state index contributed by atoms with van der Waals surface area (Å²) in [7, 11) is 0. The van der Waals surface area contributed by atoms with Crippen LogP contribution in [0.25, 0.3) is 0 Å². The Morgan fingerprint density at radius 2 is 2.37 bits per heavy atom. The fourth-order valence-electron chi connectivity index (χ4n) is 2.40. The van der Waals surface area contributed by atoms with Gasteiger partial charge < -0.3 is 10.1 Å². The monoisotopic (exact) mass is 263 g/mol. The summed E-state index contributed by atoms with van der Waals surface area (Å²) in [6.07, 6.45) is 1.46. The van der Waals surface area contributed by atoms with Crippen molar-refractivity contribution >= 4 is 0 Å². The van der Waals surface area contributed by atoms with Crippen molar-refractivity contribution in [2.24, 2.45) is 0 Å². The molecule has 0 radical (unpaired) electrons. The second kappa shape index (κ2) is 7.58. The second-order valence-electron chi connectivity index (χ2n) is 5.12. The van der Waals surface area contributed by atoms with Gasteiger partial charge in [0.2, 0.25) is 0 Å². The van der Waals surface area contributed by atoms with E-state index < -0.39 is 0 Å². The Morgan fingerprint density at radius 3 is 3.05 bits per heavy atom. The SMILES string of the molecule is CCN(CCC1CNCCO1)Cc1cccc(C)n1. The zero-order valence-corrected chi connectivity index (χ0v) is 12.1. The predicted molar refractivity (Wildman–Crippen MR) is 77.2 cm³/mol. The molecule has 0 saturated carbocycles. The Bertz CT molecular complexity index is 377. The van der Waals surface area contributed by atoms with Gasteiger partial charge in [-0.1, -0.05) is 13.0 Å². The Morgan fingerprint density at radius 1 is 1.47 bits per heavy atom. The molecule has 0 amide bonds. The summed E-state index contributed by atoms with van der Waals surface area (Å²) in [5.74, 6) is 0. The molecule has 0 aromatic carbocycles. The molecular formula is C15H25N3O. The number of pyridine rings is 1. The number of morpholine rings is 1. The maximum absolute atomic E-state index is 5.74. The van der Waals surface area contributed by atoms with Crippen LogP contribution in [0.3, 0.4) is 0 Å². The third-order valence-corrected chi connectivity index (χ3v) is 3.55. The fourth-order valence-corrected chi connectivity index (χ4v) is 2.40. The molecule has 1 aromatic rings. The molecule has 0 spiro atoms. The highest BCUT2D eigenvalue weighted by atomic mass is 16.5. The van der Waals surface area contributed by atoms with E-state index in [1.807, 2.05) is 13.0 Å². The Labute approximate surface area is 116 Å². The van der Waals surface area contributed by atoms with Crippen LogP contribution in [0.5, 0.6) is 0 Å². The molecule has 0 aliphatic carbocycles. The lowest BCUT2D eigenvalue weighted by molar-refractivity contribution is 0.0171. The standard InChI is InChI=1S/C15H25N3O/c1-3-18(9-7-15-11-16-8-10-19-15)12-14-6-4-5-13(2)17-14/h4-6,15-16H,3,7-12H2,1-2H3. The van der Waals surface area contributed by atoms with E-state index in [0.29, 0.717) is 6.10 Å². The minimum atomic E-state index is 0.369. The van der Waals surface area contributed by atoms with Crippen LogP contribution in [0, 0.1) is 6.92 Å². The molecule has 0 bridgehead atoms. The predicted octanol–water partition coefficient (Wildman–Crippen LogP) is 1.59. The minimum absolute atomic E-state index is 0.369. The van der Waals surface area contributed by atoms with Gasteiger partial charge in [0.15, 0.2) is 0 Å². The van der Waals surface area contributed by atoms with Crippen molar-refractivity contribution < 1.29 is 4.74 Å². The average Bonchev–Trinajstić information content (AvgIpc) is 2.44. The molecule has 19 heavy (non-hydrogen) atoms. The van der Waals surface area contributed by atoms with Gasteiger partial charge in [-0.05, 0) is 32.0 Å². The number of aromatic nitrogens is 1. The topological polar surface area (TPSA) is 37.4 Å². The lowest BCUT2D eigenvalue weighted by Crippen LogP contribution is -2.40. The summed E-state index contributed by atoms with van der Waals surface area (Å²) in [6, 6.07) is 6.23. The number of hydrogen-bond acceptors (Lipinski definition) is 4. The van der Waals surface area contributed by atoms with Crippen molar-refractivity contribution in [3.63, 3.8) is 0 Å². The van der Waals surface area contributed by atoms with Crippen molar-refractivity contribution in [2.75, 3.05) is 32.8 Å². The molecule has 1 fully saturated rings. The summed E-state index contributed by atoms with van der Waals surface area (Å²) < 4.78 is 5.74. The summed E-state index contributed by atoms with van der Waals surface area (Å²) in [4.78, 5) is 7.00. The van der Waals surface area contributed by atoms with E-state index in [1.165, 1.54) is 0 Å². The third-order valence-electron chi connectivity index (χ3n) is 3.55. The Hall–Kier alpha value is -0.970. The van der Waals surface area contributed by atoms with Crippen LogP contribution >= 0.6 is 0 Å². The molecular weight excluding hydrogens is 238 g/mol. The van der Waals surface area contributed by atoms with Gasteiger partial charge >= 0.3 is 0 Å². The molecule has 4 nitrogen and oxygen atoms in total. The van der Waals surface area contributed by atoms with E-state index in [4.69, 9.17) is 4.74 Å². The van der Waals surface area contributed by atoms with E-state index >= 15 is 0 Å². The molecule has 1 aliphatic heterocycles. The number of nitrogens with zero attached hydrogens (tertiary/aromatic N) is 2. The lowest BCUT2D eigenvalue weighted by Gasteiger charge is -2.27. The molecule has 106 valence electrons. The second-order valence-corrected chi connectivity index (χ2v) is 5.12. The first-order valence-electron chi connectivity index (χ1n) is 7.25. The summed E-state index contributed by atoms with van der Waals surface area (Å²) in [5, 5.41) is 3.38. The van der Waals surface area contributed by atoms with Crippen molar-refractivity contribution in [1.29, 1.82) is 0 Å². The Balaban J connectivity index is 1.79. The molecule has 1 unspecified atom stereocenters. The zero-order valence-electron chi connectivity index (χ0n) is 12.1. The van der Waals surface area contributed by atoms with Gasteiger partial charge in [-0.25, -0.2) is 0 Å². The van der Waals surface area contributed by atoms with Gasteiger partial charge in [0.1, 0.15) is 0 Å². The zero-order chi connectivity index (χ0) is 13.5. The molecule has 1 aromatic heterocycles. The first-order valence-corrected chi connectivity index (χ1v) is 7.25. The first kappa shape index (κ1) is 14.4. The van der Waals surface area contributed by atoms with Crippen LogP contribution in [0.4, 0.5) is 0 Å². The highest BCUT2D eigenvalue weighted by Crippen LogP contribution is 2.07. The van der Waals surface area contributed by atoms with Crippen molar-refractivity contribution in [2.45, 2.75) is 32.9 Å². The van der Waals surface area contributed by atoms with Crippen molar-refractivity contribution in [3.8, 4) is 0 Å². The van der Waals surface area contributed by atoms with Crippen LogP contribution in [0.15, 0.2) is 18.2 Å². The number of nitrogens with one attached hydrogen (secondary N) is 1. The quantitative estimate of drug-likeness (QED) is 0.846. The summed E-state index contributed by atoms with van der Waals surface area (Å²) in [6.45, 7) is 10.1. The molecule has 1 saturated heterocycles. The van der Waals surface area contributed by atoms with Gasteiger partial charge in [-0.15, -0.1) is 0 Å². The average molecular weight is 263 g/mol. The Kier molecular flexibility index (Phi) is 5.76. The number of hydrogen-bond donors (Lipinski definition) is 1. The number of rotatable bonds is 6. The fraction of sp³-hybridized carbons (Fsp3) is 0.667. The molecule has 1 atom stereocenters. The lowest BCUT2D eigenvalue weighted by atomic mass is 10.2. The normalized spacial score (nSPS) is 19.8. The van der Waals surface area contributed by atoms with Gasteiger partial charge in [0, 0.05) is 31.9 Å². The van der Waals surface area contributed by atoms with Crippen molar-refractivity contribution in [3.05, 3.63) is 29.6 Å². The van der Waals surface area contributed by atoms with Crippen LogP contribution in [-0.2, 0) is 11.3 Å².